The molecule has 0 radical (unpaired) electrons. The number of nitrogens with one attached hydrogen (secondary N) is 1. The quantitative estimate of drug-likeness (QED) is 0.472. The van der Waals surface area contributed by atoms with Gasteiger partial charge in [-0.3, -0.25) is 5.32 Å². The molecule has 4 atom stereocenters. The molecule has 2 aliphatic rings. The van der Waals surface area contributed by atoms with Crippen molar-refractivity contribution in [2.24, 2.45) is 11.8 Å². The summed E-state index contributed by atoms with van der Waals surface area (Å²) in [5.74, 6) is 0.793. The van der Waals surface area contributed by atoms with Crippen molar-refractivity contribution < 1.29 is 10.2 Å². The molecule has 0 aromatic rings. The minimum Gasteiger partial charge on any atom is -0.392 e. The number of rotatable bonds is 0. The summed E-state index contributed by atoms with van der Waals surface area (Å²) in [6, 6.07) is 0. The normalized spacial score (nSPS) is 49.3. The molecule has 74 valence electrons. The predicted molar refractivity (Wildman–Crippen MR) is 50.0 cm³/mol. The number of aliphatic hydroxyl groups excluding tert-OH is 2. The van der Waals surface area contributed by atoms with Crippen molar-refractivity contribution in [2.45, 2.75) is 32.1 Å². The summed E-state index contributed by atoms with van der Waals surface area (Å²) in [6.07, 6.45) is 3.12. The van der Waals surface area contributed by atoms with Crippen LogP contribution in [-0.2, 0) is 0 Å². The topological polar surface area (TPSA) is 52.5 Å². The van der Waals surface area contributed by atoms with Gasteiger partial charge in [-0.2, -0.15) is 0 Å². The van der Waals surface area contributed by atoms with Crippen molar-refractivity contribution in [3.05, 3.63) is 11.6 Å². The van der Waals surface area contributed by atoms with Crippen LogP contribution in [0.25, 0.3) is 0 Å². The minimum atomic E-state index is -0.412. The smallest absolute Gasteiger partial charge is 0.108 e. The summed E-state index contributed by atoms with van der Waals surface area (Å²) in [5, 5.41) is 22.0. The molecule has 1 aliphatic heterocycles. The first-order valence-corrected chi connectivity index (χ1v) is 4.96. The Morgan fingerprint density at radius 3 is 3.00 bits per heavy atom. The van der Waals surface area contributed by atoms with Crippen molar-refractivity contribution >= 4 is 0 Å². The second kappa shape index (κ2) is 3.40. The molecule has 3 nitrogen and oxygen atoms in total. The van der Waals surface area contributed by atoms with E-state index in [1.807, 2.05) is 13.0 Å². The maximum absolute atomic E-state index is 9.57. The molecule has 13 heavy (non-hydrogen) atoms. The molecule has 2 rings (SSSR count). The van der Waals surface area contributed by atoms with Gasteiger partial charge in [0, 0.05) is 12.3 Å². The van der Waals surface area contributed by atoms with Crippen LogP contribution in [0.15, 0.2) is 11.6 Å². The van der Waals surface area contributed by atoms with E-state index in [-0.39, 0.29) is 6.10 Å². The molecular formula is C10H17NO2. The molecule has 3 heteroatoms. The van der Waals surface area contributed by atoms with E-state index in [4.69, 9.17) is 0 Å². The van der Waals surface area contributed by atoms with Gasteiger partial charge in [-0.25, -0.2) is 0 Å². The maximum Gasteiger partial charge on any atom is 0.108 e. The fourth-order valence-electron chi connectivity index (χ4n) is 2.25. The lowest BCUT2D eigenvalue weighted by molar-refractivity contribution is 0.138. The predicted octanol–water partition coefficient (Wildman–Crippen LogP) is 0.241. The highest BCUT2D eigenvalue weighted by Crippen LogP contribution is 2.46. The van der Waals surface area contributed by atoms with E-state index in [9.17, 15) is 10.2 Å². The van der Waals surface area contributed by atoms with Crippen molar-refractivity contribution in [1.29, 1.82) is 0 Å². The third-order valence-corrected chi connectivity index (χ3v) is 3.17. The molecule has 3 N–H and O–H groups in total. The minimum absolute atomic E-state index is 0.131. The van der Waals surface area contributed by atoms with Gasteiger partial charge >= 0.3 is 0 Å². The summed E-state index contributed by atoms with van der Waals surface area (Å²) >= 11 is 0. The number of aliphatic hydroxyl groups is 2. The fourth-order valence-corrected chi connectivity index (χ4v) is 2.25. The molecule has 0 spiro atoms. The highest BCUT2D eigenvalue weighted by molar-refractivity contribution is 5.19. The van der Waals surface area contributed by atoms with Gasteiger partial charge in [0.05, 0.1) is 6.10 Å². The third kappa shape index (κ3) is 1.77. The van der Waals surface area contributed by atoms with Crippen molar-refractivity contribution in [2.75, 3.05) is 6.54 Å². The second-order valence-corrected chi connectivity index (χ2v) is 4.12. The molecule has 0 bridgehead atoms. The first kappa shape index (κ1) is 9.19. The SMILES string of the molecule is C/C1=C/CC(O)NCCC2C(O)[C@@H]12. The first-order valence-electron chi connectivity index (χ1n) is 4.96. The van der Waals surface area contributed by atoms with Crippen molar-refractivity contribution in [3.8, 4) is 0 Å². The van der Waals surface area contributed by atoms with E-state index in [0.717, 1.165) is 13.0 Å². The van der Waals surface area contributed by atoms with Crippen LogP contribution < -0.4 is 5.32 Å². The molecular weight excluding hydrogens is 166 g/mol. The van der Waals surface area contributed by atoms with Gasteiger partial charge in [0.25, 0.3) is 0 Å². The molecule has 0 saturated heterocycles. The summed E-state index contributed by atoms with van der Waals surface area (Å²) < 4.78 is 0. The summed E-state index contributed by atoms with van der Waals surface area (Å²) in [5.41, 5.74) is 1.24. The molecule has 1 heterocycles. The van der Waals surface area contributed by atoms with Gasteiger partial charge in [-0.05, 0) is 25.8 Å². The van der Waals surface area contributed by atoms with Crippen LogP contribution in [0, 0.1) is 11.8 Å². The van der Waals surface area contributed by atoms with Crippen LogP contribution >= 0.6 is 0 Å². The Kier molecular flexibility index (Phi) is 2.41. The second-order valence-electron chi connectivity index (χ2n) is 4.12. The Morgan fingerprint density at radius 1 is 1.46 bits per heavy atom. The standard InChI is InChI=1S/C10H17NO2/c1-6-2-3-8(12)11-5-4-7-9(6)10(7)13/h2,7-13H,3-5H2,1H3/b6-2-/t7?,8?,9-,10?/m0/s1. The van der Waals surface area contributed by atoms with Gasteiger partial charge < -0.3 is 10.2 Å². The van der Waals surface area contributed by atoms with Gasteiger partial charge in [0.2, 0.25) is 0 Å². The van der Waals surface area contributed by atoms with Gasteiger partial charge in [0.15, 0.2) is 0 Å². The molecule has 1 fully saturated rings. The average molecular weight is 183 g/mol. The lowest BCUT2D eigenvalue weighted by atomic mass is 10.1. The zero-order valence-corrected chi connectivity index (χ0v) is 7.90. The van der Waals surface area contributed by atoms with E-state index >= 15 is 0 Å². The van der Waals surface area contributed by atoms with Gasteiger partial charge in [-0.1, -0.05) is 11.6 Å². The molecule has 1 saturated carbocycles. The lowest BCUT2D eigenvalue weighted by Crippen LogP contribution is -2.29. The highest BCUT2D eigenvalue weighted by Gasteiger charge is 2.49. The van der Waals surface area contributed by atoms with Crippen molar-refractivity contribution in [1.82, 2.24) is 5.32 Å². The summed E-state index contributed by atoms with van der Waals surface area (Å²) in [6.45, 7) is 2.85. The van der Waals surface area contributed by atoms with Crippen LogP contribution in [0.1, 0.15) is 19.8 Å². The number of hydrogen-bond donors (Lipinski definition) is 3. The van der Waals surface area contributed by atoms with E-state index in [1.54, 1.807) is 0 Å². The van der Waals surface area contributed by atoms with E-state index in [1.165, 1.54) is 5.57 Å². The van der Waals surface area contributed by atoms with Crippen LogP contribution in [0.5, 0.6) is 0 Å². The van der Waals surface area contributed by atoms with Gasteiger partial charge in [0.1, 0.15) is 6.23 Å². The lowest BCUT2D eigenvalue weighted by Gasteiger charge is -2.09. The Bertz CT molecular complexity index is 227. The molecule has 0 aromatic heterocycles. The highest BCUT2D eigenvalue weighted by atomic mass is 16.3. The maximum atomic E-state index is 9.57. The summed E-state index contributed by atoms with van der Waals surface area (Å²) in [4.78, 5) is 0. The van der Waals surface area contributed by atoms with Crippen molar-refractivity contribution in [3.63, 3.8) is 0 Å². The zero-order valence-electron chi connectivity index (χ0n) is 7.90. The van der Waals surface area contributed by atoms with E-state index < -0.39 is 6.23 Å². The zero-order chi connectivity index (χ0) is 9.42. The Balaban J connectivity index is 2.04. The Morgan fingerprint density at radius 2 is 2.23 bits per heavy atom. The van der Waals surface area contributed by atoms with Crippen LogP contribution in [0.4, 0.5) is 0 Å². The third-order valence-electron chi connectivity index (χ3n) is 3.17. The molecule has 1 aliphatic carbocycles. The van der Waals surface area contributed by atoms with E-state index in [0.29, 0.717) is 18.3 Å². The first-order chi connectivity index (χ1) is 6.20. The monoisotopic (exact) mass is 183 g/mol. The van der Waals surface area contributed by atoms with Crippen LogP contribution in [0.3, 0.4) is 0 Å². The number of hydrogen-bond acceptors (Lipinski definition) is 3. The Labute approximate surface area is 78.5 Å². The van der Waals surface area contributed by atoms with E-state index in [2.05, 4.69) is 5.32 Å². The van der Waals surface area contributed by atoms with Crippen LogP contribution in [0.2, 0.25) is 0 Å². The molecule has 0 aromatic carbocycles. The number of fused-ring (bicyclic) bond motifs is 1. The Hall–Kier alpha value is -0.380. The summed E-state index contributed by atoms with van der Waals surface area (Å²) in [7, 11) is 0. The fraction of sp³-hybridized carbons (Fsp3) is 0.800. The molecule has 0 amide bonds. The van der Waals surface area contributed by atoms with Gasteiger partial charge in [-0.15, -0.1) is 0 Å². The molecule has 3 unspecified atom stereocenters. The van der Waals surface area contributed by atoms with Crippen LogP contribution in [-0.4, -0.2) is 29.1 Å². The average Bonchev–Trinajstić information content (AvgIpc) is 2.70. The largest absolute Gasteiger partial charge is 0.392 e.